The molecular formula is C29H22ClF2N7. The Morgan fingerprint density at radius 3 is 2.51 bits per heavy atom. The van der Waals surface area contributed by atoms with E-state index in [0.717, 1.165) is 11.4 Å². The molecule has 2 heterocycles. The number of nitrogens with two attached hydrogens (primary N) is 1. The zero-order chi connectivity index (χ0) is 27.4. The molecule has 0 spiro atoms. The molecule has 0 fully saturated rings. The van der Waals surface area contributed by atoms with Gasteiger partial charge < -0.3 is 16.4 Å². The lowest BCUT2D eigenvalue weighted by molar-refractivity contribution is 0.579. The van der Waals surface area contributed by atoms with Gasteiger partial charge in [-0.05, 0) is 60.8 Å². The molecule has 0 amide bonds. The van der Waals surface area contributed by atoms with Crippen molar-refractivity contribution in [2.75, 3.05) is 10.6 Å². The first-order valence-electron chi connectivity index (χ1n) is 11.8. The number of rotatable bonds is 7. The number of hydrogen-bond donors (Lipinski definition) is 3. The molecule has 39 heavy (non-hydrogen) atoms. The molecule has 1 aliphatic heterocycles. The fourth-order valence-electron chi connectivity index (χ4n) is 4.07. The summed E-state index contributed by atoms with van der Waals surface area (Å²) in [5.41, 5.74) is 9.20. The molecule has 3 aromatic carbocycles. The lowest BCUT2D eigenvalue weighted by Crippen LogP contribution is -2.10. The average molecular weight is 542 g/mol. The summed E-state index contributed by atoms with van der Waals surface area (Å²) in [7, 11) is 0. The van der Waals surface area contributed by atoms with Crippen LogP contribution < -0.4 is 16.4 Å². The van der Waals surface area contributed by atoms with Crippen molar-refractivity contribution in [1.29, 1.82) is 0 Å². The first-order valence-corrected chi connectivity index (χ1v) is 12.2. The van der Waals surface area contributed by atoms with E-state index in [1.54, 1.807) is 30.5 Å². The number of fused-ring (bicyclic) bond motifs is 3. The Balaban J connectivity index is 1.44. The van der Waals surface area contributed by atoms with Gasteiger partial charge in [-0.25, -0.2) is 23.7 Å². The van der Waals surface area contributed by atoms with E-state index in [2.05, 4.69) is 32.2 Å². The summed E-state index contributed by atoms with van der Waals surface area (Å²) in [6.07, 6.45) is 6.16. The number of hydrogen-bond acceptors (Lipinski definition) is 7. The number of halogens is 3. The topological polar surface area (TPSA) is 101 Å². The average Bonchev–Trinajstić information content (AvgIpc) is 3.06. The van der Waals surface area contributed by atoms with Crippen molar-refractivity contribution in [2.45, 2.75) is 6.54 Å². The van der Waals surface area contributed by atoms with Crippen molar-refractivity contribution >= 4 is 40.9 Å². The van der Waals surface area contributed by atoms with Gasteiger partial charge in [0.05, 0.1) is 23.5 Å². The predicted molar refractivity (Wildman–Crippen MR) is 152 cm³/mol. The molecule has 5 rings (SSSR count). The van der Waals surface area contributed by atoms with E-state index >= 15 is 0 Å². The largest absolute Gasteiger partial charge is 0.405 e. The summed E-state index contributed by atoms with van der Waals surface area (Å²) in [6, 6.07) is 16.2. The minimum Gasteiger partial charge on any atom is -0.405 e. The van der Waals surface area contributed by atoms with Crippen molar-refractivity contribution in [3.63, 3.8) is 0 Å². The minimum atomic E-state index is -0.709. The molecule has 7 nitrogen and oxygen atoms in total. The third kappa shape index (κ3) is 5.68. The van der Waals surface area contributed by atoms with Crippen molar-refractivity contribution in [3.05, 3.63) is 125 Å². The van der Waals surface area contributed by atoms with E-state index in [1.165, 1.54) is 30.6 Å². The van der Waals surface area contributed by atoms with Gasteiger partial charge in [0.1, 0.15) is 17.5 Å². The number of aromatic nitrogens is 2. The van der Waals surface area contributed by atoms with Crippen LogP contribution >= 0.6 is 11.6 Å². The van der Waals surface area contributed by atoms with Gasteiger partial charge >= 0.3 is 0 Å². The van der Waals surface area contributed by atoms with E-state index in [4.69, 9.17) is 22.3 Å². The normalized spacial score (nSPS) is 12.5. The summed E-state index contributed by atoms with van der Waals surface area (Å²) >= 11 is 6.29. The molecule has 0 saturated carbocycles. The zero-order valence-electron chi connectivity index (χ0n) is 20.5. The number of nitrogens with one attached hydrogen (secondary N) is 2. The Bertz CT molecular complexity index is 1630. The van der Waals surface area contributed by atoms with Crippen LogP contribution in [0, 0.1) is 11.6 Å². The highest BCUT2D eigenvalue weighted by molar-refractivity contribution is 6.31. The Kier molecular flexibility index (Phi) is 7.42. The smallest absolute Gasteiger partial charge is 0.227 e. The highest BCUT2D eigenvalue weighted by Gasteiger charge is 2.25. The van der Waals surface area contributed by atoms with Gasteiger partial charge in [0.2, 0.25) is 5.95 Å². The molecule has 0 radical (unpaired) electrons. The molecule has 0 bridgehead atoms. The van der Waals surface area contributed by atoms with Gasteiger partial charge in [-0.15, -0.1) is 0 Å². The molecular weight excluding hydrogens is 520 g/mol. The molecule has 10 heteroatoms. The summed E-state index contributed by atoms with van der Waals surface area (Å²) in [5.74, 6) is -0.614. The quantitative estimate of drug-likeness (QED) is 0.229. The lowest BCUT2D eigenvalue weighted by atomic mass is 9.95. The second kappa shape index (κ2) is 11.2. The van der Waals surface area contributed by atoms with Crippen LogP contribution in [0.1, 0.15) is 16.7 Å². The van der Waals surface area contributed by atoms with Crippen LogP contribution in [0.25, 0.3) is 11.3 Å². The van der Waals surface area contributed by atoms with E-state index in [0.29, 0.717) is 39.2 Å². The highest BCUT2D eigenvalue weighted by Crippen LogP contribution is 2.34. The summed E-state index contributed by atoms with van der Waals surface area (Å²) < 4.78 is 29.5. The Hall–Kier alpha value is -4.89. The van der Waals surface area contributed by atoms with E-state index in [9.17, 15) is 8.78 Å². The SMILES string of the molecule is C=C(N=C/C=C\N)Nc1ccc(Nc2ncc3c(n2)-c2ccc(Cl)cc2C(c2c(F)cccc2F)=NC3)cc1. The standard InChI is InChI=1S/C29H22ClF2N7/c1-17(34-13-3-12-33)37-20-7-9-21(10-8-20)38-29-36-16-18-15-35-28(26-24(31)4-2-5-25(26)32)23-14-19(30)6-11-22(23)27(18)39-29/h2-14,16,37H,1,15,33H2,(H,36,38,39)/b12-3-,34-13?. The van der Waals surface area contributed by atoms with E-state index in [1.807, 2.05) is 24.3 Å². The van der Waals surface area contributed by atoms with Gasteiger partial charge in [-0.3, -0.25) is 4.99 Å². The Morgan fingerprint density at radius 2 is 1.77 bits per heavy atom. The van der Waals surface area contributed by atoms with E-state index < -0.39 is 11.6 Å². The van der Waals surface area contributed by atoms with Crippen LogP contribution in [-0.4, -0.2) is 21.9 Å². The molecule has 0 saturated heterocycles. The summed E-state index contributed by atoms with van der Waals surface area (Å²) in [4.78, 5) is 17.8. The zero-order valence-corrected chi connectivity index (χ0v) is 21.3. The maximum Gasteiger partial charge on any atom is 0.227 e. The third-order valence-electron chi connectivity index (χ3n) is 5.82. The highest BCUT2D eigenvalue weighted by atomic mass is 35.5. The van der Waals surface area contributed by atoms with Gasteiger partial charge in [-0.2, -0.15) is 0 Å². The molecule has 4 aromatic rings. The van der Waals surface area contributed by atoms with Gasteiger partial charge in [0.15, 0.2) is 0 Å². The van der Waals surface area contributed by atoms with Crippen LogP contribution in [0.4, 0.5) is 26.1 Å². The molecule has 0 aliphatic carbocycles. The van der Waals surface area contributed by atoms with Gasteiger partial charge in [0, 0.05) is 45.5 Å². The van der Waals surface area contributed by atoms with Crippen LogP contribution in [0.15, 0.2) is 102 Å². The van der Waals surface area contributed by atoms with Crippen LogP contribution in [0.3, 0.4) is 0 Å². The van der Waals surface area contributed by atoms with Crippen LogP contribution in [-0.2, 0) is 6.54 Å². The number of allylic oxidation sites excluding steroid dienone is 1. The minimum absolute atomic E-state index is 0.138. The second-order valence-corrected chi connectivity index (χ2v) is 8.89. The first kappa shape index (κ1) is 25.7. The van der Waals surface area contributed by atoms with Crippen LogP contribution in [0.2, 0.25) is 5.02 Å². The summed E-state index contributed by atoms with van der Waals surface area (Å²) in [5, 5.41) is 6.68. The Labute approximate surface area is 228 Å². The fraction of sp³-hybridized carbons (Fsp3) is 0.0345. The molecule has 194 valence electrons. The number of nitrogens with zero attached hydrogens (tertiary/aromatic N) is 4. The van der Waals surface area contributed by atoms with Crippen LogP contribution in [0.5, 0.6) is 0 Å². The van der Waals surface area contributed by atoms with Crippen molar-refractivity contribution in [1.82, 2.24) is 9.97 Å². The number of anilines is 3. The molecule has 0 unspecified atom stereocenters. The van der Waals surface area contributed by atoms with Crippen molar-refractivity contribution in [2.24, 2.45) is 15.7 Å². The van der Waals surface area contributed by atoms with Gasteiger partial charge in [0.25, 0.3) is 0 Å². The maximum atomic E-state index is 14.8. The van der Waals surface area contributed by atoms with E-state index in [-0.39, 0.29) is 17.8 Å². The first-order chi connectivity index (χ1) is 18.9. The molecule has 1 aromatic heterocycles. The molecule has 0 atom stereocenters. The number of aliphatic imine (C=N–C) groups is 2. The number of benzene rings is 3. The summed E-state index contributed by atoms with van der Waals surface area (Å²) in [6.45, 7) is 3.98. The third-order valence-corrected chi connectivity index (χ3v) is 6.06. The predicted octanol–water partition coefficient (Wildman–Crippen LogP) is 6.60. The lowest BCUT2D eigenvalue weighted by Gasteiger charge is -2.13. The maximum absolute atomic E-state index is 14.8. The monoisotopic (exact) mass is 541 g/mol. The van der Waals surface area contributed by atoms with Crippen molar-refractivity contribution in [3.8, 4) is 11.3 Å². The Morgan fingerprint density at radius 1 is 1.03 bits per heavy atom. The molecule has 1 aliphatic rings. The fourth-order valence-corrected chi connectivity index (χ4v) is 4.24. The van der Waals surface area contributed by atoms with Gasteiger partial charge in [-0.1, -0.05) is 30.3 Å². The second-order valence-electron chi connectivity index (χ2n) is 8.46. The van der Waals surface area contributed by atoms with Crippen molar-refractivity contribution < 1.29 is 8.78 Å². The molecule has 4 N–H and O–H groups in total.